The first-order valence-corrected chi connectivity index (χ1v) is 9.16. The number of nitrogens with zero attached hydrogens (tertiary/aromatic N) is 2. The number of nitrogens with two attached hydrogens (primary N) is 1. The molecule has 1 fully saturated rings. The molecule has 0 aliphatic carbocycles. The zero-order valence-electron chi connectivity index (χ0n) is 15.6. The molecule has 0 bridgehead atoms. The Balaban J connectivity index is 2.00. The molecule has 3 N–H and O–H groups in total. The molecular weight excluding hydrogens is 335 g/mol. The molecule has 0 radical (unpaired) electrons. The van der Waals surface area contributed by atoms with Crippen molar-refractivity contribution in [2.24, 2.45) is 11.7 Å². The normalized spacial score (nSPS) is 18.6. The molecule has 0 unspecified atom stereocenters. The van der Waals surface area contributed by atoms with Crippen molar-refractivity contribution >= 4 is 11.9 Å². The number of primary amides is 1. The maximum Gasteiger partial charge on any atom is 0.312 e. The summed E-state index contributed by atoms with van der Waals surface area (Å²) >= 11 is 0. The van der Waals surface area contributed by atoms with Gasteiger partial charge in [0.15, 0.2) is 0 Å². The van der Waals surface area contributed by atoms with Crippen molar-refractivity contribution in [3.63, 3.8) is 0 Å². The average Bonchev–Trinajstić information content (AvgIpc) is 2.79. The summed E-state index contributed by atoms with van der Waals surface area (Å²) in [5, 5.41) is 2.46. The highest BCUT2D eigenvalue weighted by Gasteiger charge is 2.29. The molecule has 1 heterocycles. The van der Waals surface area contributed by atoms with Crippen molar-refractivity contribution in [3.8, 4) is 0 Å². The van der Waals surface area contributed by atoms with E-state index >= 15 is 0 Å². The van der Waals surface area contributed by atoms with E-state index in [9.17, 15) is 14.0 Å². The maximum absolute atomic E-state index is 13.1. The molecule has 7 heteroatoms. The van der Waals surface area contributed by atoms with Crippen molar-refractivity contribution in [1.82, 2.24) is 15.1 Å². The first-order chi connectivity index (χ1) is 12.4. The Morgan fingerprint density at radius 1 is 1.27 bits per heavy atom. The van der Waals surface area contributed by atoms with Gasteiger partial charge in [0.2, 0.25) is 5.91 Å². The van der Waals surface area contributed by atoms with Gasteiger partial charge >= 0.3 is 6.03 Å². The summed E-state index contributed by atoms with van der Waals surface area (Å²) in [7, 11) is 0. The van der Waals surface area contributed by atoms with Gasteiger partial charge < -0.3 is 16.0 Å². The van der Waals surface area contributed by atoms with Gasteiger partial charge in [-0.3, -0.25) is 9.69 Å². The second kappa shape index (κ2) is 9.52. The van der Waals surface area contributed by atoms with E-state index in [2.05, 4.69) is 24.1 Å². The number of nitrogens with one attached hydrogen (secondary N) is 1. The predicted molar refractivity (Wildman–Crippen MR) is 98.8 cm³/mol. The largest absolute Gasteiger partial charge is 0.352 e. The minimum atomic E-state index is -0.612. The number of amides is 3. The molecule has 0 spiro atoms. The third-order valence-electron chi connectivity index (χ3n) is 4.81. The molecule has 3 amide bonds. The van der Waals surface area contributed by atoms with E-state index in [0.717, 1.165) is 25.1 Å². The van der Waals surface area contributed by atoms with E-state index in [0.29, 0.717) is 19.0 Å². The van der Waals surface area contributed by atoms with E-state index in [-0.39, 0.29) is 30.7 Å². The van der Waals surface area contributed by atoms with Crippen LogP contribution in [0.5, 0.6) is 0 Å². The molecule has 0 saturated carbocycles. The Labute approximate surface area is 154 Å². The van der Waals surface area contributed by atoms with E-state index in [4.69, 9.17) is 5.73 Å². The van der Waals surface area contributed by atoms with Crippen molar-refractivity contribution in [2.45, 2.75) is 39.3 Å². The van der Waals surface area contributed by atoms with E-state index in [1.807, 2.05) is 17.0 Å². The van der Waals surface area contributed by atoms with Gasteiger partial charge in [0.1, 0.15) is 5.82 Å². The number of benzene rings is 1. The van der Waals surface area contributed by atoms with Crippen LogP contribution < -0.4 is 11.1 Å². The summed E-state index contributed by atoms with van der Waals surface area (Å²) in [5.74, 6) is 0.187. The lowest BCUT2D eigenvalue weighted by Crippen LogP contribution is -2.46. The highest BCUT2D eigenvalue weighted by Crippen LogP contribution is 2.20. The smallest absolute Gasteiger partial charge is 0.312 e. The molecule has 1 aliphatic heterocycles. The molecule has 1 atom stereocenters. The van der Waals surface area contributed by atoms with Crippen LogP contribution in [-0.2, 0) is 11.3 Å². The first-order valence-electron chi connectivity index (χ1n) is 9.16. The van der Waals surface area contributed by atoms with Crippen molar-refractivity contribution in [3.05, 3.63) is 35.6 Å². The van der Waals surface area contributed by atoms with Crippen LogP contribution >= 0.6 is 0 Å². The van der Waals surface area contributed by atoms with Gasteiger partial charge in [0, 0.05) is 45.2 Å². The van der Waals surface area contributed by atoms with Crippen LogP contribution in [0.25, 0.3) is 0 Å². The lowest BCUT2D eigenvalue weighted by atomic mass is 10.0. The number of carbonyl (C=O) groups excluding carboxylic acids is 2. The summed E-state index contributed by atoms with van der Waals surface area (Å²) in [4.78, 5) is 27.5. The van der Waals surface area contributed by atoms with Crippen LogP contribution in [0, 0.1) is 11.7 Å². The van der Waals surface area contributed by atoms with Crippen molar-refractivity contribution < 1.29 is 14.0 Å². The molecule has 26 heavy (non-hydrogen) atoms. The number of hydrogen-bond donors (Lipinski definition) is 2. The molecule has 0 aromatic heterocycles. The van der Waals surface area contributed by atoms with Gasteiger partial charge in [-0.05, 0) is 30.0 Å². The zero-order valence-corrected chi connectivity index (χ0v) is 15.6. The Kier molecular flexibility index (Phi) is 7.38. The standard InChI is InChI=1S/C19H29FN4O2/c1-14(2)17-13-24(18(25)8-9-22-19(21)26)11-3-10-23(17)12-15-4-6-16(20)7-5-15/h4-7,14,17H,3,8-13H2,1-2H3,(H3,21,22,26)/t17-/m0/s1. The van der Waals surface area contributed by atoms with Crippen molar-refractivity contribution in [2.75, 3.05) is 26.2 Å². The Bertz CT molecular complexity index is 606. The van der Waals surface area contributed by atoms with Crippen LogP contribution in [0.2, 0.25) is 0 Å². The fourth-order valence-electron chi connectivity index (χ4n) is 3.39. The van der Waals surface area contributed by atoms with Crippen LogP contribution in [0.3, 0.4) is 0 Å². The number of carbonyl (C=O) groups is 2. The third kappa shape index (κ3) is 5.98. The van der Waals surface area contributed by atoms with Crippen LogP contribution in [0.1, 0.15) is 32.3 Å². The lowest BCUT2D eigenvalue weighted by Gasteiger charge is -2.34. The maximum atomic E-state index is 13.1. The lowest BCUT2D eigenvalue weighted by molar-refractivity contribution is -0.131. The molecule has 1 saturated heterocycles. The molecule has 6 nitrogen and oxygen atoms in total. The third-order valence-corrected chi connectivity index (χ3v) is 4.81. The van der Waals surface area contributed by atoms with Gasteiger partial charge in [-0.2, -0.15) is 0 Å². The van der Waals surface area contributed by atoms with Crippen LogP contribution in [0.4, 0.5) is 9.18 Å². The van der Waals surface area contributed by atoms with Gasteiger partial charge in [0.05, 0.1) is 0 Å². The molecule has 144 valence electrons. The minimum Gasteiger partial charge on any atom is -0.352 e. The Morgan fingerprint density at radius 3 is 2.58 bits per heavy atom. The second-order valence-corrected chi connectivity index (χ2v) is 7.14. The van der Waals surface area contributed by atoms with Gasteiger partial charge in [-0.25, -0.2) is 9.18 Å². The number of halogens is 1. The fourth-order valence-corrected chi connectivity index (χ4v) is 3.39. The summed E-state index contributed by atoms with van der Waals surface area (Å²) in [5.41, 5.74) is 6.11. The summed E-state index contributed by atoms with van der Waals surface area (Å²) in [6.45, 7) is 7.58. The molecular formula is C19H29FN4O2. The number of rotatable bonds is 6. The van der Waals surface area contributed by atoms with Crippen LogP contribution in [-0.4, -0.2) is 54.0 Å². The summed E-state index contributed by atoms with van der Waals surface area (Å²) in [6.07, 6.45) is 1.14. The fraction of sp³-hybridized carbons (Fsp3) is 0.579. The number of urea groups is 1. The highest BCUT2D eigenvalue weighted by molar-refractivity contribution is 5.77. The van der Waals surface area contributed by atoms with E-state index in [1.165, 1.54) is 12.1 Å². The average molecular weight is 364 g/mol. The Hall–Kier alpha value is -2.15. The van der Waals surface area contributed by atoms with Gasteiger partial charge in [-0.1, -0.05) is 26.0 Å². The topological polar surface area (TPSA) is 78.7 Å². The van der Waals surface area contributed by atoms with Gasteiger partial charge in [0.25, 0.3) is 0 Å². The van der Waals surface area contributed by atoms with Gasteiger partial charge in [-0.15, -0.1) is 0 Å². The minimum absolute atomic E-state index is 0.0352. The predicted octanol–water partition coefficient (Wildman–Crippen LogP) is 1.94. The monoisotopic (exact) mass is 364 g/mol. The molecule has 1 aromatic rings. The second-order valence-electron chi connectivity index (χ2n) is 7.14. The SMILES string of the molecule is CC(C)[C@@H]1CN(C(=O)CCNC(N)=O)CCCN1Cc1ccc(F)cc1. The molecule has 1 aliphatic rings. The zero-order chi connectivity index (χ0) is 19.1. The molecule has 2 rings (SSSR count). The summed E-state index contributed by atoms with van der Waals surface area (Å²) < 4.78 is 13.1. The van der Waals surface area contributed by atoms with Crippen LogP contribution in [0.15, 0.2) is 24.3 Å². The Morgan fingerprint density at radius 2 is 1.96 bits per heavy atom. The molecule has 1 aromatic carbocycles. The number of hydrogen-bond acceptors (Lipinski definition) is 3. The highest BCUT2D eigenvalue weighted by atomic mass is 19.1. The van der Waals surface area contributed by atoms with E-state index < -0.39 is 6.03 Å². The first kappa shape index (κ1) is 20.2. The van der Waals surface area contributed by atoms with E-state index in [1.54, 1.807) is 0 Å². The van der Waals surface area contributed by atoms with Crippen molar-refractivity contribution in [1.29, 1.82) is 0 Å². The summed E-state index contributed by atoms with van der Waals surface area (Å²) in [6, 6.07) is 6.22. The quantitative estimate of drug-likeness (QED) is 0.810.